The molecule has 1 aliphatic carbocycles. The second-order valence-electron chi connectivity index (χ2n) is 6.94. The Morgan fingerprint density at radius 2 is 2.04 bits per heavy atom. The van der Waals surface area contributed by atoms with E-state index < -0.39 is 0 Å². The standard InChI is InChI=1S/C18H24N4O2.ClH/c19-18(7-4-8-18)17-20-16(24-21-17)11-15-13-22(9-10-23-15)12-14-5-2-1-3-6-14;/h1-3,5-6,15H,4,7-13,19H2;1H. The second kappa shape index (κ2) is 7.83. The van der Waals surface area contributed by atoms with Gasteiger partial charge in [-0.05, 0) is 24.8 Å². The topological polar surface area (TPSA) is 77.4 Å². The molecule has 0 radical (unpaired) electrons. The molecular weight excluding hydrogens is 340 g/mol. The molecule has 136 valence electrons. The molecule has 1 saturated heterocycles. The van der Waals surface area contributed by atoms with Crippen LogP contribution in [0.1, 0.15) is 36.5 Å². The summed E-state index contributed by atoms with van der Waals surface area (Å²) in [6, 6.07) is 10.5. The van der Waals surface area contributed by atoms with E-state index in [-0.39, 0.29) is 24.0 Å². The number of rotatable bonds is 5. The number of morpholine rings is 1. The summed E-state index contributed by atoms with van der Waals surface area (Å²) < 4.78 is 11.3. The van der Waals surface area contributed by atoms with Crippen LogP contribution in [0.15, 0.2) is 34.9 Å². The predicted octanol–water partition coefficient (Wildman–Crippen LogP) is 2.27. The molecule has 1 aromatic carbocycles. The molecule has 2 aliphatic rings. The molecular formula is C18H25ClN4O2. The summed E-state index contributed by atoms with van der Waals surface area (Å²) >= 11 is 0. The summed E-state index contributed by atoms with van der Waals surface area (Å²) in [6.07, 6.45) is 3.76. The lowest BCUT2D eigenvalue weighted by atomic mass is 9.77. The van der Waals surface area contributed by atoms with Gasteiger partial charge in [0.2, 0.25) is 5.89 Å². The van der Waals surface area contributed by atoms with E-state index in [1.807, 2.05) is 6.07 Å². The third-order valence-electron chi connectivity index (χ3n) is 5.03. The fraction of sp³-hybridized carbons (Fsp3) is 0.556. The third kappa shape index (κ3) is 4.20. The number of benzene rings is 1. The van der Waals surface area contributed by atoms with E-state index in [2.05, 4.69) is 39.3 Å². The summed E-state index contributed by atoms with van der Waals surface area (Å²) in [5.41, 5.74) is 7.21. The van der Waals surface area contributed by atoms with E-state index in [4.69, 9.17) is 15.0 Å². The highest BCUT2D eigenvalue weighted by Crippen LogP contribution is 2.36. The lowest BCUT2D eigenvalue weighted by Gasteiger charge is -2.34. The van der Waals surface area contributed by atoms with Gasteiger partial charge in [-0.1, -0.05) is 35.5 Å². The van der Waals surface area contributed by atoms with Gasteiger partial charge in [0.05, 0.1) is 24.7 Å². The number of hydrogen-bond acceptors (Lipinski definition) is 6. The van der Waals surface area contributed by atoms with Crippen LogP contribution in [0.3, 0.4) is 0 Å². The van der Waals surface area contributed by atoms with Crippen molar-refractivity contribution in [3.8, 4) is 0 Å². The third-order valence-corrected chi connectivity index (χ3v) is 5.03. The van der Waals surface area contributed by atoms with Gasteiger partial charge in [-0.2, -0.15) is 4.98 Å². The van der Waals surface area contributed by atoms with Gasteiger partial charge in [0, 0.05) is 19.6 Å². The van der Waals surface area contributed by atoms with Gasteiger partial charge < -0.3 is 15.0 Å². The summed E-state index contributed by atoms with van der Waals surface area (Å²) in [4.78, 5) is 6.92. The van der Waals surface area contributed by atoms with Gasteiger partial charge in [-0.25, -0.2) is 0 Å². The van der Waals surface area contributed by atoms with Crippen molar-refractivity contribution < 1.29 is 9.26 Å². The van der Waals surface area contributed by atoms with Crippen LogP contribution in [0.4, 0.5) is 0 Å². The van der Waals surface area contributed by atoms with Crippen LogP contribution in [-0.4, -0.2) is 40.8 Å². The molecule has 0 bridgehead atoms. The molecule has 25 heavy (non-hydrogen) atoms. The highest BCUT2D eigenvalue weighted by Gasteiger charge is 2.39. The van der Waals surface area contributed by atoms with Crippen molar-refractivity contribution in [1.29, 1.82) is 0 Å². The Kier molecular flexibility index (Phi) is 5.74. The van der Waals surface area contributed by atoms with E-state index in [1.165, 1.54) is 5.56 Å². The van der Waals surface area contributed by atoms with Gasteiger partial charge in [0.15, 0.2) is 5.82 Å². The first-order valence-electron chi connectivity index (χ1n) is 8.71. The van der Waals surface area contributed by atoms with Crippen molar-refractivity contribution in [2.24, 2.45) is 5.73 Å². The van der Waals surface area contributed by atoms with E-state index in [9.17, 15) is 0 Å². The molecule has 4 rings (SSSR count). The maximum Gasteiger partial charge on any atom is 0.229 e. The Labute approximate surface area is 154 Å². The lowest BCUT2D eigenvalue weighted by molar-refractivity contribution is -0.0335. The minimum absolute atomic E-state index is 0. The molecule has 7 heteroatoms. The lowest BCUT2D eigenvalue weighted by Crippen LogP contribution is -2.44. The quantitative estimate of drug-likeness (QED) is 0.877. The number of ether oxygens (including phenoxy) is 1. The molecule has 1 atom stereocenters. The van der Waals surface area contributed by atoms with Crippen LogP contribution in [-0.2, 0) is 23.2 Å². The van der Waals surface area contributed by atoms with Crippen LogP contribution in [0.2, 0.25) is 0 Å². The predicted molar refractivity (Wildman–Crippen MR) is 96.4 cm³/mol. The van der Waals surface area contributed by atoms with Crippen molar-refractivity contribution in [3.05, 3.63) is 47.6 Å². The molecule has 1 saturated carbocycles. The van der Waals surface area contributed by atoms with Gasteiger partial charge in [-0.3, -0.25) is 4.90 Å². The van der Waals surface area contributed by atoms with Gasteiger partial charge in [0.1, 0.15) is 0 Å². The molecule has 2 N–H and O–H groups in total. The SMILES string of the molecule is Cl.NC1(c2noc(CC3CN(Cc4ccccc4)CCO3)n2)CCC1. The highest BCUT2D eigenvalue weighted by molar-refractivity contribution is 5.85. The van der Waals surface area contributed by atoms with Crippen LogP contribution >= 0.6 is 12.4 Å². The van der Waals surface area contributed by atoms with Crippen molar-refractivity contribution in [1.82, 2.24) is 15.0 Å². The molecule has 2 fully saturated rings. The van der Waals surface area contributed by atoms with E-state index in [0.717, 1.165) is 45.5 Å². The average Bonchev–Trinajstić information content (AvgIpc) is 3.03. The van der Waals surface area contributed by atoms with Crippen molar-refractivity contribution >= 4 is 12.4 Å². The zero-order valence-electron chi connectivity index (χ0n) is 14.3. The molecule has 2 heterocycles. The monoisotopic (exact) mass is 364 g/mol. The van der Waals surface area contributed by atoms with Crippen LogP contribution < -0.4 is 5.73 Å². The first-order valence-corrected chi connectivity index (χ1v) is 8.71. The number of hydrogen-bond donors (Lipinski definition) is 1. The first-order chi connectivity index (χ1) is 11.7. The Morgan fingerprint density at radius 1 is 1.24 bits per heavy atom. The van der Waals surface area contributed by atoms with Crippen LogP contribution in [0, 0.1) is 0 Å². The Morgan fingerprint density at radius 3 is 2.76 bits per heavy atom. The summed E-state index contributed by atoms with van der Waals surface area (Å²) in [5, 5.41) is 4.08. The normalized spacial score (nSPS) is 22.8. The first kappa shape index (κ1) is 18.3. The van der Waals surface area contributed by atoms with Gasteiger partial charge >= 0.3 is 0 Å². The second-order valence-corrected chi connectivity index (χ2v) is 6.94. The van der Waals surface area contributed by atoms with Crippen molar-refractivity contribution in [2.75, 3.05) is 19.7 Å². The fourth-order valence-corrected chi connectivity index (χ4v) is 3.41. The van der Waals surface area contributed by atoms with Crippen LogP contribution in [0.5, 0.6) is 0 Å². The average molecular weight is 365 g/mol. The maximum atomic E-state index is 6.25. The Balaban J connectivity index is 0.00000182. The zero-order valence-corrected chi connectivity index (χ0v) is 15.1. The smallest absolute Gasteiger partial charge is 0.229 e. The number of halogens is 1. The molecule has 2 aromatic rings. The molecule has 0 amide bonds. The van der Waals surface area contributed by atoms with Crippen molar-refractivity contribution in [2.45, 2.75) is 43.9 Å². The summed E-state index contributed by atoms with van der Waals surface area (Å²) in [5.74, 6) is 1.29. The number of nitrogens with two attached hydrogens (primary N) is 1. The van der Waals surface area contributed by atoms with E-state index >= 15 is 0 Å². The highest BCUT2D eigenvalue weighted by atomic mass is 35.5. The molecule has 1 aliphatic heterocycles. The molecule has 1 aromatic heterocycles. The largest absolute Gasteiger partial charge is 0.375 e. The van der Waals surface area contributed by atoms with E-state index in [1.54, 1.807) is 0 Å². The van der Waals surface area contributed by atoms with Gasteiger partial charge in [-0.15, -0.1) is 12.4 Å². The summed E-state index contributed by atoms with van der Waals surface area (Å²) in [7, 11) is 0. The van der Waals surface area contributed by atoms with E-state index in [0.29, 0.717) is 18.1 Å². The molecule has 6 nitrogen and oxygen atoms in total. The zero-order chi connectivity index (χ0) is 16.4. The summed E-state index contributed by atoms with van der Waals surface area (Å²) in [6.45, 7) is 3.51. The minimum Gasteiger partial charge on any atom is -0.375 e. The van der Waals surface area contributed by atoms with Crippen LogP contribution in [0.25, 0.3) is 0 Å². The number of aromatic nitrogens is 2. The Bertz CT molecular complexity index is 675. The van der Waals surface area contributed by atoms with Crippen molar-refractivity contribution in [3.63, 3.8) is 0 Å². The van der Waals surface area contributed by atoms with Gasteiger partial charge in [0.25, 0.3) is 0 Å². The minimum atomic E-state index is -0.367. The fourth-order valence-electron chi connectivity index (χ4n) is 3.41. The molecule has 0 spiro atoms. The Hall–Kier alpha value is -1.47. The number of nitrogens with zero attached hydrogens (tertiary/aromatic N) is 3. The maximum absolute atomic E-state index is 6.25. The molecule has 1 unspecified atom stereocenters.